The summed E-state index contributed by atoms with van der Waals surface area (Å²) in [5, 5.41) is 0. The van der Waals surface area contributed by atoms with E-state index < -0.39 is 17.6 Å². The SMILES string of the molecule is COc1ccc([C@@H](C)N2C(=O)[C@H](OC(C)=O)[C@]2(C)c2ccccc2)cc1. The van der Waals surface area contributed by atoms with Crippen LogP contribution in [0.5, 0.6) is 5.75 Å². The number of methoxy groups -OCH3 is 1. The van der Waals surface area contributed by atoms with E-state index in [1.165, 1.54) is 6.92 Å². The average molecular weight is 353 g/mol. The second-order valence-electron chi connectivity index (χ2n) is 6.66. The lowest BCUT2D eigenvalue weighted by Crippen LogP contribution is -2.72. The summed E-state index contributed by atoms with van der Waals surface area (Å²) >= 11 is 0. The van der Waals surface area contributed by atoms with Crippen LogP contribution in [0, 0.1) is 0 Å². The predicted octanol–water partition coefficient (Wildman–Crippen LogP) is 3.45. The zero-order valence-electron chi connectivity index (χ0n) is 15.4. The molecule has 1 amide bonds. The van der Waals surface area contributed by atoms with E-state index >= 15 is 0 Å². The van der Waals surface area contributed by atoms with Crippen molar-refractivity contribution >= 4 is 11.9 Å². The summed E-state index contributed by atoms with van der Waals surface area (Å²) in [5.74, 6) is 0.122. The Morgan fingerprint density at radius 1 is 1.12 bits per heavy atom. The lowest BCUT2D eigenvalue weighted by atomic mass is 9.74. The van der Waals surface area contributed by atoms with E-state index in [0.717, 1.165) is 16.9 Å². The molecule has 0 spiro atoms. The van der Waals surface area contributed by atoms with Crippen molar-refractivity contribution in [3.8, 4) is 5.75 Å². The molecular formula is C21H23NO4. The maximum absolute atomic E-state index is 12.8. The van der Waals surface area contributed by atoms with Crippen LogP contribution in [0.25, 0.3) is 0 Å². The van der Waals surface area contributed by atoms with Gasteiger partial charge in [-0.3, -0.25) is 9.59 Å². The van der Waals surface area contributed by atoms with Gasteiger partial charge in [0.05, 0.1) is 13.2 Å². The molecule has 5 heteroatoms. The number of esters is 1. The highest BCUT2D eigenvalue weighted by molar-refractivity contribution is 5.93. The lowest BCUT2D eigenvalue weighted by Gasteiger charge is -2.57. The smallest absolute Gasteiger partial charge is 0.303 e. The number of carbonyl (C=O) groups is 2. The van der Waals surface area contributed by atoms with Crippen LogP contribution < -0.4 is 4.74 Å². The second-order valence-corrected chi connectivity index (χ2v) is 6.66. The van der Waals surface area contributed by atoms with Crippen molar-refractivity contribution in [2.24, 2.45) is 0 Å². The highest BCUT2D eigenvalue weighted by Gasteiger charge is 2.61. The standard InChI is InChI=1S/C21H23NO4/c1-14(16-10-12-18(25-4)13-11-16)22-20(24)19(26-15(2)23)21(22,3)17-8-6-5-7-9-17/h5-14,19H,1-4H3/t14-,19+,21+/m1/s1. The zero-order chi connectivity index (χ0) is 18.9. The third-order valence-corrected chi connectivity index (χ3v) is 5.10. The first kappa shape index (κ1) is 18.0. The number of β-lactam (4-membered cyclic amide) rings is 1. The molecule has 1 fully saturated rings. The van der Waals surface area contributed by atoms with Crippen molar-refractivity contribution < 1.29 is 19.1 Å². The van der Waals surface area contributed by atoms with E-state index in [2.05, 4.69) is 0 Å². The van der Waals surface area contributed by atoms with Gasteiger partial charge in [-0.15, -0.1) is 0 Å². The summed E-state index contributed by atoms with van der Waals surface area (Å²) in [6.45, 7) is 5.25. The fourth-order valence-corrected chi connectivity index (χ4v) is 3.68. The Balaban J connectivity index is 1.98. The van der Waals surface area contributed by atoms with Crippen LogP contribution in [0.2, 0.25) is 0 Å². The number of amides is 1. The number of hydrogen-bond acceptors (Lipinski definition) is 4. The molecule has 0 aromatic heterocycles. The number of hydrogen-bond donors (Lipinski definition) is 0. The second kappa shape index (κ2) is 6.83. The Morgan fingerprint density at radius 3 is 2.27 bits per heavy atom. The third kappa shape index (κ3) is 2.83. The highest BCUT2D eigenvalue weighted by Crippen LogP contribution is 2.48. The van der Waals surface area contributed by atoms with Crippen LogP contribution in [0.4, 0.5) is 0 Å². The van der Waals surface area contributed by atoms with Crippen LogP contribution in [-0.4, -0.2) is 30.0 Å². The lowest BCUT2D eigenvalue weighted by molar-refractivity contribution is -0.204. The minimum absolute atomic E-state index is 0.176. The number of likely N-dealkylation sites (tertiary alicyclic amines) is 1. The molecule has 1 heterocycles. The van der Waals surface area contributed by atoms with Gasteiger partial charge in [-0.05, 0) is 37.1 Å². The molecule has 3 rings (SSSR count). The molecule has 1 saturated heterocycles. The van der Waals surface area contributed by atoms with Gasteiger partial charge in [-0.25, -0.2) is 0 Å². The molecule has 136 valence electrons. The summed E-state index contributed by atoms with van der Waals surface area (Å²) < 4.78 is 10.6. The normalized spacial score (nSPS) is 23.2. The quantitative estimate of drug-likeness (QED) is 0.610. The fourth-order valence-electron chi connectivity index (χ4n) is 3.68. The molecule has 5 nitrogen and oxygen atoms in total. The van der Waals surface area contributed by atoms with Gasteiger partial charge in [0.25, 0.3) is 5.91 Å². The highest BCUT2D eigenvalue weighted by atomic mass is 16.6. The zero-order valence-corrected chi connectivity index (χ0v) is 15.4. The number of nitrogens with zero attached hydrogens (tertiary/aromatic N) is 1. The first-order valence-corrected chi connectivity index (χ1v) is 8.59. The monoisotopic (exact) mass is 353 g/mol. The average Bonchev–Trinajstić information content (AvgIpc) is 2.66. The van der Waals surface area contributed by atoms with Crippen molar-refractivity contribution in [1.29, 1.82) is 0 Å². The number of carbonyl (C=O) groups excluding carboxylic acids is 2. The Kier molecular flexibility index (Phi) is 4.72. The van der Waals surface area contributed by atoms with Gasteiger partial charge in [-0.2, -0.15) is 0 Å². The number of benzene rings is 2. The first-order valence-electron chi connectivity index (χ1n) is 8.59. The van der Waals surface area contributed by atoms with Crippen LogP contribution >= 0.6 is 0 Å². The molecule has 0 bridgehead atoms. The summed E-state index contributed by atoms with van der Waals surface area (Å²) in [6, 6.07) is 17.1. The van der Waals surface area contributed by atoms with Gasteiger partial charge in [-0.1, -0.05) is 42.5 Å². The third-order valence-electron chi connectivity index (χ3n) is 5.10. The van der Waals surface area contributed by atoms with Crippen molar-refractivity contribution in [3.05, 3.63) is 65.7 Å². The largest absolute Gasteiger partial charge is 0.497 e. The van der Waals surface area contributed by atoms with Gasteiger partial charge in [0.2, 0.25) is 6.10 Å². The maximum atomic E-state index is 12.8. The van der Waals surface area contributed by atoms with Crippen LogP contribution in [-0.2, 0) is 19.9 Å². The van der Waals surface area contributed by atoms with Crippen molar-refractivity contribution in [2.75, 3.05) is 7.11 Å². The molecule has 2 aromatic rings. The Labute approximate surface area is 153 Å². The first-order chi connectivity index (χ1) is 12.4. The summed E-state index contributed by atoms with van der Waals surface area (Å²) in [4.78, 5) is 26.2. The van der Waals surface area contributed by atoms with Gasteiger partial charge in [0, 0.05) is 6.92 Å². The van der Waals surface area contributed by atoms with Gasteiger partial charge in [0.1, 0.15) is 11.3 Å². The molecule has 26 heavy (non-hydrogen) atoms. The van der Waals surface area contributed by atoms with Crippen molar-refractivity contribution in [2.45, 2.75) is 38.5 Å². The molecule has 0 radical (unpaired) electrons. The van der Waals surface area contributed by atoms with Gasteiger partial charge >= 0.3 is 5.97 Å². The molecule has 0 aliphatic carbocycles. The minimum Gasteiger partial charge on any atom is -0.497 e. The van der Waals surface area contributed by atoms with E-state index in [0.29, 0.717) is 0 Å². The molecule has 0 saturated carbocycles. The van der Waals surface area contributed by atoms with E-state index in [1.54, 1.807) is 12.0 Å². The molecule has 1 aliphatic rings. The van der Waals surface area contributed by atoms with Gasteiger partial charge in [0.15, 0.2) is 0 Å². The van der Waals surface area contributed by atoms with Crippen LogP contribution in [0.1, 0.15) is 37.9 Å². The minimum atomic E-state index is -0.817. The molecule has 3 atom stereocenters. The van der Waals surface area contributed by atoms with Crippen molar-refractivity contribution in [1.82, 2.24) is 4.90 Å². The maximum Gasteiger partial charge on any atom is 0.303 e. The summed E-state index contributed by atoms with van der Waals surface area (Å²) in [5.41, 5.74) is 1.21. The number of ether oxygens (including phenoxy) is 2. The predicted molar refractivity (Wildman–Crippen MR) is 97.6 cm³/mol. The van der Waals surface area contributed by atoms with Gasteiger partial charge < -0.3 is 14.4 Å². The topological polar surface area (TPSA) is 55.8 Å². The Morgan fingerprint density at radius 2 is 1.73 bits per heavy atom. The molecule has 0 unspecified atom stereocenters. The number of rotatable bonds is 5. The van der Waals surface area contributed by atoms with E-state index in [9.17, 15) is 9.59 Å². The fraction of sp³-hybridized carbons (Fsp3) is 0.333. The summed E-state index contributed by atoms with van der Waals surface area (Å²) in [7, 11) is 1.62. The van der Waals surface area contributed by atoms with Crippen LogP contribution in [0.3, 0.4) is 0 Å². The van der Waals surface area contributed by atoms with Crippen LogP contribution in [0.15, 0.2) is 54.6 Å². The van der Waals surface area contributed by atoms with E-state index in [1.807, 2.05) is 68.4 Å². The molecule has 1 aliphatic heterocycles. The van der Waals surface area contributed by atoms with Crippen molar-refractivity contribution in [3.63, 3.8) is 0 Å². The molecular weight excluding hydrogens is 330 g/mol. The molecule has 2 aromatic carbocycles. The van der Waals surface area contributed by atoms with E-state index in [-0.39, 0.29) is 11.9 Å². The van der Waals surface area contributed by atoms with E-state index in [4.69, 9.17) is 9.47 Å². The summed E-state index contributed by atoms with van der Waals surface area (Å²) in [6.07, 6.45) is -0.817. The Bertz CT molecular complexity index is 803. The Hall–Kier alpha value is -2.82. The molecule has 0 N–H and O–H groups in total.